The summed E-state index contributed by atoms with van der Waals surface area (Å²) in [5.74, 6) is -1.34. The zero-order chi connectivity index (χ0) is 18.2. The maximum atomic E-state index is 12.8. The van der Waals surface area contributed by atoms with Crippen molar-refractivity contribution in [2.24, 2.45) is 0 Å². The number of esters is 1. The van der Waals surface area contributed by atoms with Crippen LogP contribution in [-0.2, 0) is 20.9 Å². The van der Waals surface area contributed by atoms with E-state index in [0.29, 0.717) is 0 Å². The van der Waals surface area contributed by atoms with Crippen LogP contribution in [0.5, 0.6) is 0 Å². The van der Waals surface area contributed by atoms with Crippen LogP contribution in [-0.4, -0.2) is 18.0 Å². The summed E-state index contributed by atoms with van der Waals surface area (Å²) in [5, 5.41) is 2.64. The number of amides is 1. The van der Waals surface area contributed by atoms with Crippen LogP contribution in [0.1, 0.15) is 23.6 Å². The topological polar surface area (TPSA) is 55.4 Å². The van der Waals surface area contributed by atoms with Crippen molar-refractivity contribution >= 4 is 18.0 Å². The number of halogens is 1. The van der Waals surface area contributed by atoms with E-state index in [4.69, 9.17) is 4.74 Å². The first-order chi connectivity index (χ1) is 11.9. The van der Waals surface area contributed by atoms with Gasteiger partial charge in [0.15, 0.2) is 6.10 Å². The van der Waals surface area contributed by atoms with Crippen LogP contribution in [0.3, 0.4) is 0 Å². The van der Waals surface area contributed by atoms with Gasteiger partial charge in [-0.15, -0.1) is 0 Å². The summed E-state index contributed by atoms with van der Waals surface area (Å²) in [5.41, 5.74) is 2.72. The Labute approximate surface area is 146 Å². The molecule has 0 saturated heterocycles. The quantitative estimate of drug-likeness (QED) is 0.647. The van der Waals surface area contributed by atoms with Crippen molar-refractivity contribution in [2.45, 2.75) is 26.5 Å². The van der Waals surface area contributed by atoms with E-state index in [0.717, 1.165) is 16.7 Å². The third kappa shape index (κ3) is 6.22. The van der Waals surface area contributed by atoms with Crippen molar-refractivity contribution < 1.29 is 18.7 Å². The first-order valence-corrected chi connectivity index (χ1v) is 7.91. The standard InChI is InChI=1S/C20H20FNO3/c1-14-4-3-5-16(12-14)8-11-19(23)25-15(2)20(24)22-13-17-6-9-18(21)10-7-17/h3-12,15H,13H2,1-2H3,(H,22,24)/b11-8+/t15-/m1/s1. The average Bonchev–Trinajstić information content (AvgIpc) is 2.59. The SMILES string of the molecule is Cc1cccc(/C=C/C(=O)O[C@H](C)C(=O)NCc2ccc(F)cc2)c1. The number of carbonyl (C=O) groups excluding carboxylic acids is 2. The molecule has 2 rings (SSSR count). The van der Waals surface area contributed by atoms with Crippen molar-refractivity contribution in [3.8, 4) is 0 Å². The molecule has 0 fully saturated rings. The minimum atomic E-state index is -0.921. The molecule has 0 aliphatic carbocycles. The summed E-state index contributed by atoms with van der Waals surface area (Å²) >= 11 is 0. The molecular weight excluding hydrogens is 321 g/mol. The second-order valence-corrected chi connectivity index (χ2v) is 5.67. The van der Waals surface area contributed by atoms with Crippen molar-refractivity contribution in [3.63, 3.8) is 0 Å². The molecule has 25 heavy (non-hydrogen) atoms. The van der Waals surface area contributed by atoms with Gasteiger partial charge in [-0.05, 0) is 43.2 Å². The number of hydrogen-bond donors (Lipinski definition) is 1. The summed E-state index contributed by atoms with van der Waals surface area (Å²) in [4.78, 5) is 23.7. The molecule has 0 aliphatic heterocycles. The van der Waals surface area contributed by atoms with Crippen molar-refractivity contribution in [3.05, 3.63) is 77.1 Å². The van der Waals surface area contributed by atoms with Crippen molar-refractivity contribution in [1.29, 1.82) is 0 Å². The Bertz CT molecular complexity index is 769. The van der Waals surface area contributed by atoms with Crippen molar-refractivity contribution in [1.82, 2.24) is 5.32 Å². The molecule has 0 aliphatic rings. The van der Waals surface area contributed by atoms with E-state index < -0.39 is 18.0 Å². The Morgan fingerprint density at radius 2 is 1.92 bits per heavy atom. The minimum absolute atomic E-state index is 0.236. The number of benzene rings is 2. The Morgan fingerprint density at radius 3 is 2.60 bits per heavy atom. The number of hydrogen-bond acceptors (Lipinski definition) is 3. The Hall–Kier alpha value is -2.95. The molecule has 4 nitrogen and oxygen atoms in total. The van der Waals surface area contributed by atoms with Crippen LogP contribution in [0, 0.1) is 12.7 Å². The third-order valence-electron chi connectivity index (χ3n) is 3.50. The normalized spacial score (nSPS) is 12.0. The van der Waals surface area contributed by atoms with Gasteiger partial charge in [0.2, 0.25) is 0 Å². The van der Waals surface area contributed by atoms with Gasteiger partial charge in [-0.25, -0.2) is 9.18 Å². The molecule has 2 aromatic carbocycles. The fourth-order valence-electron chi connectivity index (χ4n) is 2.14. The zero-order valence-electron chi connectivity index (χ0n) is 14.2. The van der Waals surface area contributed by atoms with Gasteiger partial charge < -0.3 is 10.1 Å². The summed E-state index contributed by atoms with van der Waals surface area (Å²) in [7, 11) is 0. The lowest BCUT2D eigenvalue weighted by Crippen LogP contribution is -2.35. The van der Waals surface area contributed by atoms with E-state index in [1.807, 2.05) is 31.2 Å². The van der Waals surface area contributed by atoms with Crippen LogP contribution < -0.4 is 5.32 Å². The van der Waals surface area contributed by atoms with Gasteiger partial charge in [0.05, 0.1) is 0 Å². The average molecular weight is 341 g/mol. The fourth-order valence-corrected chi connectivity index (χ4v) is 2.14. The van der Waals surface area contributed by atoms with E-state index in [9.17, 15) is 14.0 Å². The van der Waals surface area contributed by atoms with Gasteiger partial charge in [0.1, 0.15) is 5.82 Å². The molecule has 0 unspecified atom stereocenters. The second kappa shape index (κ2) is 8.78. The lowest BCUT2D eigenvalue weighted by atomic mass is 10.1. The highest BCUT2D eigenvalue weighted by atomic mass is 19.1. The molecule has 1 amide bonds. The minimum Gasteiger partial charge on any atom is -0.449 e. The van der Waals surface area contributed by atoms with Gasteiger partial charge in [0, 0.05) is 12.6 Å². The zero-order valence-corrected chi connectivity index (χ0v) is 14.2. The predicted molar refractivity (Wildman–Crippen MR) is 94.0 cm³/mol. The van der Waals surface area contributed by atoms with E-state index in [2.05, 4.69) is 5.32 Å². The molecule has 0 saturated carbocycles. The Balaban J connectivity index is 1.81. The summed E-state index contributed by atoms with van der Waals surface area (Å²) in [6.07, 6.45) is 2.01. The van der Waals surface area contributed by atoms with E-state index in [1.165, 1.54) is 25.1 Å². The maximum Gasteiger partial charge on any atom is 0.331 e. The lowest BCUT2D eigenvalue weighted by Gasteiger charge is -2.12. The van der Waals surface area contributed by atoms with Crippen LogP contribution in [0.15, 0.2) is 54.6 Å². The summed E-state index contributed by atoms with van der Waals surface area (Å²) in [6, 6.07) is 13.5. The van der Waals surface area contributed by atoms with E-state index in [1.54, 1.807) is 18.2 Å². The van der Waals surface area contributed by atoms with Gasteiger partial charge in [-0.2, -0.15) is 0 Å². The summed E-state index contributed by atoms with van der Waals surface area (Å²) in [6.45, 7) is 3.70. The smallest absolute Gasteiger partial charge is 0.331 e. The monoisotopic (exact) mass is 341 g/mol. The van der Waals surface area contributed by atoms with Gasteiger partial charge in [-0.3, -0.25) is 4.79 Å². The molecule has 0 radical (unpaired) electrons. The van der Waals surface area contributed by atoms with Crippen LogP contribution in [0.2, 0.25) is 0 Å². The molecule has 130 valence electrons. The highest BCUT2D eigenvalue weighted by Crippen LogP contribution is 2.06. The number of aryl methyl sites for hydroxylation is 1. The van der Waals surface area contributed by atoms with E-state index in [-0.39, 0.29) is 12.4 Å². The van der Waals surface area contributed by atoms with Crippen LogP contribution in [0.25, 0.3) is 6.08 Å². The molecule has 0 spiro atoms. The molecule has 0 heterocycles. The highest BCUT2D eigenvalue weighted by Gasteiger charge is 2.16. The highest BCUT2D eigenvalue weighted by molar-refractivity contribution is 5.90. The number of rotatable bonds is 6. The maximum absolute atomic E-state index is 12.8. The third-order valence-corrected chi connectivity index (χ3v) is 3.50. The van der Waals surface area contributed by atoms with Crippen LogP contribution >= 0.6 is 0 Å². The fraction of sp³-hybridized carbons (Fsp3) is 0.200. The second-order valence-electron chi connectivity index (χ2n) is 5.67. The molecular formula is C20H20FNO3. The summed E-state index contributed by atoms with van der Waals surface area (Å²) < 4.78 is 17.9. The number of ether oxygens (including phenoxy) is 1. The molecule has 5 heteroatoms. The Kier molecular flexibility index (Phi) is 6.46. The first kappa shape index (κ1) is 18.4. The van der Waals surface area contributed by atoms with Gasteiger partial charge in [-0.1, -0.05) is 42.0 Å². The number of nitrogens with one attached hydrogen (secondary N) is 1. The van der Waals surface area contributed by atoms with Gasteiger partial charge >= 0.3 is 5.97 Å². The molecule has 1 N–H and O–H groups in total. The van der Waals surface area contributed by atoms with Gasteiger partial charge in [0.25, 0.3) is 5.91 Å². The first-order valence-electron chi connectivity index (χ1n) is 7.91. The molecule has 1 atom stereocenters. The van der Waals surface area contributed by atoms with Crippen LogP contribution in [0.4, 0.5) is 4.39 Å². The molecule has 0 aromatic heterocycles. The Morgan fingerprint density at radius 1 is 1.20 bits per heavy atom. The van der Waals surface area contributed by atoms with Crippen molar-refractivity contribution in [2.75, 3.05) is 0 Å². The molecule has 0 bridgehead atoms. The number of carbonyl (C=O) groups is 2. The lowest BCUT2D eigenvalue weighted by molar-refractivity contribution is -0.150. The largest absolute Gasteiger partial charge is 0.449 e. The molecule has 2 aromatic rings. The predicted octanol–water partition coefficient (Wildman–Crippen LogP) is 3.40. The van der Waals surface area contributed by atoms with E-state index >= 15 is 0 Å².